The van der Waals surface area contributed by atoms with Crippen LogP contribution < -0.4 is 10.1 Å². The highest BCUT2D eigenvalue weighted by Crippen LogP contribution is 2.23. The Morgan fingerprint density at radius 1 is 1.53 bits per heavy atom. The first-order chi connectivity index (χ1) is 7.38. The molecule has 5 nitrogen and oxygen atoms in total. The summed E-state index contributed by atoms with van der Waals surface area (Å²) in [5.74, 6) is 0.612. The molecule has 0 aromatic carbocycles. The number of fused-ring (bicyclic) bond motifs is 3. The highest BCUT2D eigenvalue weighted by Gasteiger charge is 2.14. The zero-order chi connectivity index (χ0) is 10.3. The quantitative estimate of drug-likeness (QED) is 0.755. The maximum Gasteiger partial charge on any atom is 0.235 e. The largest absolute Gasteiger partial charge is 0.480 e. The molecule has 0 spiro atoms. The fourth-order valence-corrected chi connectivity index (χ4v) is 1.93. The van der Waals surface area contributed by atoms with Gasteiger partial charge in [-0.2, -0.15) is 0 Å². The molecule has 3 rings (SSSR count). The van der Waals surface area contributed by atoms with Crippen LogP contribution >= 0.6 is 0 Å². The van der Waals surface area contributed by atoms with Gasteiger partial charge in [0.1, 0.15) is 0 Å². The maximum absolute atomic E-state index is 5.10. The van der Waals surface area contributed by atoms with Crippen molar-refractivity contribution in [1.29, 1.82) is 0 Å². The molecule has 0 amide bonds. The van der Waals surface area contributed by atoms with Gasteiger partial charge < -0.3 is 10.1 Å². The molecular weight excluding hydrogens is 192 g/mol. The van der Waals surface area contributed by atoms with Crippen molar-refractivity contribution in [2.45, 2.75) is 12.8 Å². The SMILES string of the molecule is COc1cc2ncc3c(n2n1)CCCN3. The Labute approximate surface area is 87.1 Å². The van der Waals surface area contributed by atoms with Crippen molar-refractivity contribution < 1.29 is 4.74 Å². The van der Waals surface area contributed by atoms with Gasteiger partial charge in [-0.3, -0.25) is 0 Å². The summed E-state index contributed by atoms with van der Waals surface area (Å²) >= 11 is 0. The highest BCUT2D eigenvalue weighted by molar-refractivity contribution is 5.54. The lowest BCUT2D eigenvalue weighted by Gasteiger charge is -2.17. The summed E-state index contributed by atoms with van der Waals surface area (Å²) in [6.07, 6.45) is 4.03. The van der Waals surface area contributed by atoms with Crippen molar-refractivity contribution in [3.63, 3.8) is 0 Å². The van der Waals surface area contributed by atoms with Gasteiger partial charge in [0.25, 0.3) is 0 Å². The van der Waals surface area contributed by atoms with E-state index in [9.17, 15) is 0 Å². The summed E-state index contributed by atoms with van der Waals surface area (Å²) in [7, 11) is 1.62. The summed E-state index contributed by atoms with van der Waals surface area (Å²) in [5.41, 5.74) is 3.11. The van der Waals surface area contributed by atoms with Crippen LogP contribution in [-0.2, 0) is 6.42 Å². The van der Waals surface area contributed by atoms with Gasteiger partial charge in [0, 0.05) is 12.6 Å². The summed E-state index contributed by atoms with van der Waals surface area (Å²) in [5, 5.41) is 7.65. The number of nitrogens with one attached hydrogen (secondary N) is 1. The van der Waals surface area contributed by atoms with Crippen molar-refractivity contribution in [3.8, 4) is 5.88 Å². The number of ether oxygens (including phenoxy) is 1. The summed E-state index contributed by atoms with van der Waals surface area (Å²) < 4.78 is 6.96. The molecular formula is C10H12N4O. The number of aromatic nitrogens is 3. The Hall–Kier alpha value is -1.78. The van der Waals surface area contributed by atoms with E-state index in [2.05, 4.69) is 15.4 Å². The molecule has 1 N–H and O–H groups in total. The van der Waals surface area contributed by atoms with E-state index in [-0.39, 0.29) is 0 Å². The lowest BCUT2D eigenvalue weighted by atomic mass is 10.1. The van der Waals surface area contributed by atoms with Gasteiger partial charge in [0.05, 0.1) is 24.7 Å². The summed E-state index contributed by atoms with van der Waals surface area (Å²) in [6, 6.07) is 1.84. The maximum atomic E-state index is 5.10. The number of hydrogen-bond donors (Lipinski definition) is 1. The highest BCUT2D eigenvalue weighted by atomic mass is 16.5. The van der Waals surface area contributed by atoms with Crippen LogP contribution in [0.1, 0.15) is 12.1 Å². The molecule has 1 aliphatic rings. The van der Waals surface area contributed by atoms with E-state index in [4.69, 9.17) is 4.74 Å². The standard InChI is InChI=1S/C10H12N4O/c1-15-10-5-9-12-6-7-8(14(9)13-10)3-2-4-11-7/h5-6,11H,2-4H2,1H3. The monoisotopic (exact) mass is 204 g/mol. The van der Waals surface area contributed by atoms with E-state index < -0.39 is 0 Å². The summed E-state index contributed by atoms with van der Waals surface area (Å²) in [4.78, 5) is 4.32. The van der Waals surface area contributed by atoms with Gasteiger partial charge in [0.15, 0.2) is 5.65 Å². The van der Waals surface area contributed by atoms with E-state index in [1.165, 1.54) is 5.69 Å². The lowest BCUT2D eigenvalue weighted by molar-refractivity contribution is 0.394. The first kappa shape index (κ1) is 8.52. The zero-order valence-electron chi connectivity index (χ0n) is 8.53. The van der Waals surface area contributed by atoms with Gasteiger partial charge >= 0.3 is 0 Å². The third-order valence-electron chi connectivity index (χ3n) is 2.68. The molecule has 5 heteroatoms. The molecule has 1 aliphatic heterocycles. The third kappa shape index (κ3) is 1.23. The van der Waals surface area contributed by atoms with Crippen molar-refractivity contribution in [3.05, 3.63) is 18.0 Å². The second-order valence-corrected chi connectivity index (χ2v) is 3.61. The Bertz CT molecular complexity index is 505. The number of rotatable bonds is 1. The molecule has 0 aliphatic carbocycles. The first-order valence-electron chi connectivity index (χ1n) is 5.04. The molecule has 3 heterocycles. The third-order valence-corrected chi connectivity index (χ3v) is 2.68. The Morgan fingerprint density at radius 3 is 3.33 bits per heavy atom. The minimum Gasteiger partial charge on any atom is -0.480 e. The molecule has 0 unspecified atom stereocenters. The molecule has 0 radical (unpaired) electrons. The van der Waals surface area contributed by atoms with Crippen LogP contribution in [0, 0.1) is 0 Å². The van der Waals surface area contributed by atoms with Crippen LogP contribution in [0.25, 0.3) is 5.65 Å². The van der Waals surface area contributed by atoms with Crippen molar-refractivity contribution in [2.75, 3.05) is 19.0 Å². The van der Waals surface area contributed by atoms with Crippen LogP contribution in [0.4, 0.5) is 5.69 Å². The van der Waals surface area contributed by atoms with E-state index in [0.29, 0.717) is 5.88 Å². The van der Waals surface area contributed by atoms with E-state index in [1.807, 2.05) is 16.8 Å². The summed E-state index contributed by atoms with van der Waals surface area (Å²) in [6.45, 7) is 1.01. The molecule has 0 fully saturated rings. The zero-order valence-corrected chi connectivity index (χ0v) is 8.53. The first-order valence-corrected chi connectivity index (χ1v) is 5.04. The Kier molecular flexibility index (Phi) is 1.77. The minimum absolute atomic E-state index is 0.612. The van der Waals surface area contributed by atoms with Gasteiger partial charge in [-0.25, -0.2) is 9.50 Å². The average Bonchev–Trinajstić information content (AvgIpc) is 2.72. The van der Waals surface area contributed by atoms with E-state index >= 15 is 0 Å². The van der Waals surface area contributed by atoms with E-state index in [0.717, 1.165) is 30.7 Å². The van der Waals surface area contributed by atoms with Crippen LogP contribution in [-0.4, -0.2) is 28.3 Å². The molecule has 0 bridgehead atoms. The predicted octanol–water partition coefficient (Wildman–Crippen LogP) is 1.10. The molecule has 78 valence electrons. The molecule has 2 aromatic rings. The fraction of sp³-hybridized carbons (Fsp3) is 0.400. The topological polar surface area (TPSA) is 51.5 Å². The van der Waals surface area contributed by atoms with Gasteiger partial charge in [-0.05, 0) is 12.8 Å². The number of methoxy groups -OCH3 is 1. The normalized spacial score (nSPS) is 14.7. The van der Waals surface area contributed by atoms with Crippen LogP contribution in [0.3, 0.4) is 0 Å². The second kappa shape index (κ2) is 3.12. The number of aryl methyl sites for hydroxylation is 1. The van der Waals surface area contributed by atoms with Gasteiger partial charge in [0.2, 0.25) is 5.88 Å². The van der Waals surface area contributed by atoms with E-state index in [1.54, 1.807) is 7.11 Å². The Balaban J connectivity index is 2.25. The van der Waals surface area contributed by atoms with Crippen molar-refractivity contribution in [2.24, 2.45) is 0 Å². The van der Waals surface area contributed by atoms with Crippen LogP contribution in [0.15, 0.2) is 12.3 Å². The molecule has 0 saturated carbocycles. The lowest BCUT2D eigenvalue weighted by Crippen LogP contribution is -2.16. The smallest absolute Gasteiger partial charge is 0.235 e. The van der Waals surface area contributed by atoms with Gasteiger partial charge in [-0.15, -0.1) is 5.10 Å². The van der Waals surface area contributed by atoms with Crippen molar-refractivity contribution in [1.82, 2.24) is 14.6 Å². The van der Waals surface area contributed by atoms with Crippen LogP contribution in [0.2, 0.25) is 0 Å². The second-order valence-electron chi connectivity index (χ2n) is 3.61. The van der Waals surface area contributed by atoms with Crippen LogP contribution in [0.5, 0.6) is 5.88 Å². The number of anilines is 1. The number of nitrogens with zero attached hydrogens (tertiary/aromatic N) is 3. The number of hydrogen-bond acceptors (Lipinski definition) is 4. The molecule has 2 aromatic heterocycles. The Morgan fingerprint density at radius 2 is 2.47 bits per heavy atom. The molecule has 0 atom stereocenters. The minimum atomic E-state index is 0.612. The predicted molar refractivity (Wildman–Crippen MR) is 56.3 cm³/mol. The van der Waals surface area contributed by atoms with Crippen molar-refractivity contribution >= 4 is 11.3 Å². The fourth-order valence-electron chi connectivity index (χ4n) is 1.93. The average molecular weight is 204 g/mol. The molecule has 0 saturated heterocycles. The molecule has 15 heavy (non-hydrogen) atoms. The van der Waals surface area contributed by atoms with Gasteiger partial charge in [-0.1, -0.05) is 0 Å².